The third-order valence-corrected chi connectivity index (χ3v) is 3.56. The Morgan fingerprint density at radius 3 is 2.79 bits per heavy atom. The molecule has 1 aromatic carbocycles. The standard InChI is InChI=1S/C14H16N2O2S/c1-2-3-8-15-14-16-13(18)12(19-14)9-10-4-6-11(17)7-5-10/h4-7,9,17H,2-3,8H2,1H3,(H,15,16,18)/b12-9-. The first-order valence-electron chi connectivity index (χ1n) is 6.23. The molecule has 2 N–H and O–H groups in total. The van der Waals surface area contributed by atoms with E-state index in [9.17, 15) is 9.90 Å². The van der Waals surface area contributed by atoms with Crippen molar-refractivity contribution in [3.05, 3.63) is 34.7 Å². The van der Waals surface area contributed by atoms with Crippen LogP contribution in [-0.2, 0) is 4.79 Å². The van der Waals surface area contributed by atoms with Crippen LogP contribution in [0, 0.1) is 0 Å². The molecular weight excluding hydrogens is 260 g/mol. The average Bonchev–Trinajstić information content (AvgIpc) is 2.73. The van der Waals surface area contributed by atoms with Crippen molar-refractivity contribution < 1.29 is 9.90 Å². The summed E-state index contributed by atoms with van der Waals surface area (Å²) < 4.78 is 0. The molecule has 1 heterocycles. The zero-order valence-electron chi connectivity index (χ0n) is 10.7. The lowest BCUT2D eigenvalue weighted by Gasteiger charge is -1.95. The predicted molar refractivity (Wildman–Crippen MR) is 79.0 cm³/mol. The number of rotatable bonds is 4. The zero-order valence-corrected chi connectivity index (χ0v) is 11.5. The smallest absolute Gasteiger partial charge is 0.264 e. The van der Waals surface area contributed by atoms with Crippen molar-refractivity contribution in [3.8, 4) is 5.75 Å². The largest absolute Gasteiger partial charge is 0.508 e. The summed E-state index contributed by atoms with van der Waals surface area (Å²) >= 11 is 1.36. The van der Waals surface area contributed by atoms with Crippen LogP contribution in [0.5, 0.6) is 5.75 Å². The Morgan fingerprint density at radius 1 is 1.37 bits per heavy atom. The molecule has 100 valence electrons. The van der Waals surface area contributed by atoms with Crippen LogP contribution in [0.3, 0.4) is 0 Å². The lowest BCUT2D eigenvalue weighted by atomic mass is 10.2. The van der Waals surface area contributed by atoms with Crippen LogP contribution in [-0.4, -0.2) is 22.7 Å². The minimum atomic E-state index is -0.117. The highest BCUT2D eigenvalue weighted by atomic mass is 32.2. The van der Waals surface area contributed by atoms with Gasteiger partial charge in [-0.3, -0.25) is 9.79 Å². The predicted octanol–water partition coefficient (Wildman–Crippen LogP) is 2.75. The third kappa shape index (κ3) is 3.86. The van der Waals surface area contributed by atoms with Crippen molar-refractivity contribution in [3.63, 3.8) is 0 Å². The molecule has 0 aromatic heterocycles. The fraction of sp³-hybridized carbons (Fsp3) is 0.286. The Morgan fingerprint density at radius 2 is 2.11 bits per heavy atom. The number of hydrogen-bond acceptors (Lipinski definition) is 4. The number of aliphatic imine (C=N–C) groups is 1. The van der Waals surface area contributed by atoms with Crippen molar-refractivity contribution in [2.75, 3.05) is 6.54 Å². The van der Waals surface area contributed by atoms with E-state index in [1.54, 1.807) is 30.3 Å². The Balaban J connectivity index is 2.07. The Kier molecular flexibility index (Phi) is 4.63. The molecule has 1 saturated heterocycles. The summed E-state index contributed by atoms with van der Waals surface area (Å²) in [5, 5.41) is 12.6. The molecule has 0 radical (unpaired) electrons. The normalized spacial score (nSPS) is 19.1. The van der Waals surface area contributed by atoms with Crippen LogP contribution in [0.4, 0.5) is 0 Å². The Bertz CT molecular complexity index is 521. The van der Waals surface area contributed by atoms with E-state index in [1.165, 1.54) is 11.8 Å². The molecule has 1 fully saturated rings. The summed E-state index contributed by atoms with van der Waals surface area (Å²) in [6.45, 7) is 2.85. The lowest BCUT2D eigenvalue weighted by Crippen LogP contribution is -2.19. The Hall–Kier alpha value is -1.75. The van der Waals surface area contributed by atoms with Gasteiger partial charge in [0.05, 0.1) is 4.91 Å². The van der Waals surface area contributed by atoms with E-state index in [4.69, 9.17) is 0 Å². The maximum Gasteiger partial charge on any atom is 0.264 e. The summed E-state index contributed by atoms with van der Waals surface area (Å²) in [5.74, 6) is 0.0980. The number of nitrogens with one attached hydrogen (secondary N) is 1. The van der Waals surface area contributed by atoms with Gasteiger partial charge in [0.15, 0.2) is 5.17 Å². The Labute approximate surface area is 116 Å². The molecule has 0 spiro atoms. The van der Waals surface area contributed by atoms with Gasteiger partial charge in [0, 0.05) is 6.54 Å². The van der Waals surface area contributed by atoms with Crippen molar-refractivity contribution >= 4 is 28.9 Å². The van der Waals surface area contributed by atoms with Crippen LogP contribution in [0.1, 0.15) is 25.3 Å². The number of phenolic OH excluding ortho intramolecular Hbond substituents is 1. The van der Waals surface area contributed by atoms with Crippen molar-refractivity contribution in [2.24, 2.45) is 4.99 Å². The monoisotopic (exact) mass is 276 g/mol. The number of nitrogens with zero attached hydrogens (tertiary/aromatic N) is 1. The van der Waals surface area contributed by atoms with E-state index in [-0.39, 0.29) is 11.7 Å². The van der Waals surface area contributed by atoms with Gasteiger partial charge in [0.1, 0.15) is 5.75 Å². The van der Waals surface area contributed by atoms with E-state index < -0.39 is 0 Å². The van der Waals surface area contributed by atoms with Gasteiger partial charge in [-0.05, 0) is 42.0 Å². The highest BCUT2D eigenvalue weighted by Gasteiger charge is 2.23. The maximum atomic E-state index is 11.8. The molecule has 0 saturated carbocycles. The summed E-state index contributed by atoms with van der Waals surface area (Å²) in [6.07, 6.45) is 3.91. The quantitative estimate of drug-likeness (QED) is 0.656. The third-order valence-electron chi connectivity index (χ3n) is 2.61. The number of amidine groups is 1. The molecule has 19 heavy (non-hydrogen) atoms. The maximum absolute atomic E-state index is 11.8. The molecule has 1 amide bonds. The first-order chi connectivity index (χ1) is 9.19. The highest BCUT2D eigenvalue weighted by molar-refractivity contribution is 8.18. The second-order valence-electron chi connectivity index (χ2n) is 4.20. The number of unbranched alkanes of at least 4 members (excludes halogenated alkanes) is 1. The highest BCUT2D eigenvalue weighted by Crippen LogP contribution is 2.26. The molecule has 4 nitrogen and oxygen atoms in total. The van der Waals surface area contributed by atoms with E-state index in [1.807, 2.05) is 0 Å². The van der Waals surface area contributed by atoms with E-state index in [0.717, 1.165) is 24.9 Å². The first kappa shape index (κ1) is 13.7. The first-order valence-corrected chi connectivity index (χ1v) is 7.05. The van der Waals surface area contributed by atoms with Crippen molar-refractivity contribution in [2.45, 2.75) is 19.8 Å². The number of phenols is 1. The van der Waals surface area contributed by atoms with E-state index in [2.05, 4.69) is 17.2 Å². The van der Waals surface area contributed by atoms with Gasteiger partial charge >= 0.3 is 0 Å². The second kappa shape index (κ2) is 6.43. The van der Waals surface area contributed by atoms with Crippen LogP contribution >= 0.6 is 11.8 Å². The van der Waals surface area contributed by atoms with Crippen LogP contribution < -0.4 is 5.32 Å². The fourth-order valence-corrected chi connectivity index (χ4v) is 2.41. The average molecular weight is 276 g/mol. The summed E-state index contributed by atoms with van der Waals surface area (Å²) in [6, 6.07) is 6.73. The molecule has 1 aromatic rings. The van der Waals surface area contributed by atoms with E-state index >= 15 is 0 Å². The fourth-order valence-electron chi connectivity index (χ4n) is 1.56. The molecule has 0 aliphatic carbocycles. The molecule has 5 heteroatoms. The zero-order chi connectivity index (χ0) is 13.7. The second-order valence-corrected chi connectivity index (χ2v) is 5.23. The molecule has 1 aliphatic heterocycles. The van der Waals surface area contributed by atoms with Crippen LogP contribution in [0.25, 0.3) is 6.08 Å². The molecule has 2 rings (SSSR count). The van der Waals surface area contributed by atoms with Gasteiger partial charge in [-0.1, -0.05) is 25.5 Å². The van der Waals surface area contributed by atoms with Gasteiger partial charge in [-0.2, -0.15) is 0 Å². The minimum Gasteiger partial charge on any atom is -0.508 e. The van der Waals surface area contributed by atoms with Gasteiger partial charge in [0.25, 0.3) is 5.91 Å². The molecular formula is C14H16N2O2S. The SMILES string of the molecule is CCCCN=C1NC(=O)/C(=C/c2ccc(O)cc2)S1. The molecule has 0 atom stereocenters. The lowest BCUT2D eigenvalue weighted by molar-refractivity contribution is -0.115. The number of aromatic hydroxyl groups is 1. The van der Waals surface area contributed by atoms with Crippen molar-refractivity contribution in [1.82, 2.24) is 5.32 Å². The number of hydrogen-bond donors (Lipinski definition) is 2. The van der Waals surface area contributed by atoms with Gasteiger partial charge < -0.3 is 10.4 Å². The number of thioether (sulfide) groups is 1. The molecule has 0 unspecified atom stereocenters. The van der Waals surface area contributed by atoms with Gasteiger partial charge in [-0.15, -0.1) is 0 Å². The van der Waals surface area contributed by atoms with Gasteiger partial charge in [0.2, 0.25) is 0 Å². The summed E-state index contributed by atoms with van der Waals surface area (Å²) in [7, 11) is 0. The number of benzene rings is 1. The van der Waals surface area contributed by atoms with Crippen LogP contribution in [0.2, 0.25) is 0 Å². The number of carbonyl (C=O) groups is 1. The summed E-state index contributed by atoms with van der Waals surface area (Å²) in [4.78, 5) is 16.7. The van der Waals surface area contributed by atoms with Gasteiger partial charge in [-0.25, -0.2) is 0 Å². The summed E-state index contributed by atoms with van der Waals surface area (Å²) in [5.41, 5.74) is 0.880. The topological polar surface area (TPSA) is 61.7 Å². The van der Waals surface area contributed by atoms with Crippen molar-refractivity contribution in [1.29, 1.82) is 0 Å². The molecule has 1 aliphatic rings. The minimum absolute atomic E-state index is 0.117. The van der Waals surface area contributed by atoms with Crippen LogP contribution in [0.15, 0.2) is 34.2 Å². The number of amides is 1. The van der Waals surface area contributed by atoms with E-state index in [0.29, 0.717) is 10.1 Å². The molecule has 0 bridgehead atoms. The number of carbonyl (C=O) groups excluding carboxylic acids is 1.